The van der Waals surface area contributed by atoms with Crippen molar-refractivity contribution >= 4 is 21.7 Å². The molecule has 0 bridgehead atoms. The van der Waals surface area contributed by atoms with Gasteiger partial charge in [-0.2, -0.15) is 0 Å². The van der Waals surface area contributed by atoms with Crippen LogP contribution in [-0.2, 0) is 33.6 Å². The standard InChI is InChI=1S/C24H27NO8S/c1-15-9-11-17(12-10-15)34(28,29)14-25-22(26)21(32-23(27)16-7-5-4-6-8-16)20-19(31-20)18-13-30-24(2,3)33-18/h4-12,18-21H,13-14H2,1-3H3,(H,25,26)/t18-,19-,20-,21?/m1/s1. The van der Waals surface area contributed by atoms with Crippen molar-refractivity contribution in [3.63, 3.8) is 0 Å². The van der Waals surface area contributed by atoms with Gasteiger partial charge in [0.25, 0.3) is 5.91 Å². The van der Waals surface area contributed by atoms with Crippen molar-refractivity contribution in [1.82, 2.24) is 5.32 Å². The van der Waals surface area contributed by atoms with Crippen molar-refractivity contribution in [3.8, 4) is 0 Å². The molecule has 2 aliphatic rings. The molecule has 34 heavy (non-hydrogen) atoms. The second kappa shape index (κ2) is 9.46. The van der Waals surface area contributed by atoms with E-state index in [1.165, 1.54) is 12.1 Å². The second-order valence-electron chi connectivity index (χ2n) is 8.74. The Labute approximate surface area is 198 Å². The van der Waals surface area contributed by atoms with E-state index in [-0.39, 0.29) is 17.1 Å². The van der Waals surface area contributed by atoms with E-state index >= 15 is 0 Å². The first-order chi connectivity index (χ1) is 16.1. The maximum absolute atomic E-state index is 13.0. The molecule has 1 N–H and O–H groups in total. The van der Waals surface area contributed by atoms with Crippen LogP contribution in [0.2, 0.25) is 0 Å². The lowest BCUT2D eigenvalue weighted by atomic mass is 10.1. The normalized spacial score (nSPS) is 24.3. The number of ether oxygens (including phenoxy) is 4. The maximum Gasteiger partial charge on any atom is 0.339 e. The molecule has 2 aliphatic heterocycles. The van der Waals surface area contributed by atoms with Crippen LogP contribution in [-0.4, -0.2) is 63.0 Å². The third kappa shape index (κ3) is 5.64. The number of carbonyl (C=O) groups excluding carboxylic acids is 2. The number of sulfone groups is 1. The Morgan fingerprint density at radius 2 is 1.79 bits per heavy atom. The molecule has 10 heteroatoms. The zero-order valence-electron chi connectivity index (χ0n) is 19.1. The van der Waals surface area contributed by atoms with E-state index in [2.05, 4.69) is 5.32 Å². The molecule has 1 amide bonds. The number of hydrogen-bond donors (Lipinski definition) is 1. The van der Waals surface area contributed by atoms with Crippen LogP contribution in [0.1, 0.15) is 29.8 Å². The van der Waals surface area contributed by atoms with E-state index in [9.17, 15) is 18.0 Å². The maximum atomic E-state index is 13.0. The Bertz CT molecular complexity index is 1150. The molecule has 9 nitrogen and oxygen atoms in total. The molecular formula is C24H27NO8S. The number of carbonyl (C=O) groups is 2. The van der Waals surface area contributed by atoms with Gasteiger partial charge in [0.05, 0.1) is 17.1 Å². The van der Waals surface area contributed by atoms with E-state index in [1.54, 1.807) is 56.3 Å². The highest BCUT2D eigenvalue weighted by Gasteiger charge is 2.57. The highest BCUT2D eigenvalue weighted by atomic mass is 32.2. The van der Waals surface area contributed by atoms with Gasteiger partial charge in [-0.15, -0.1) is 0 Å². The summed E-state index contributed by atoms with van der Waals surface area (Å²) in [6.07, 6.45) is -3.13. The molecule has 4 rings (SSSR count). The molecule has 0 spiro atoms. The minimum absolute atomic E-state index is 0.0792. The lowest BCUT2D eigenvalue weighted by molar-refractivity contribution is -0.140. The van der Waals surface area contributed by atoms with E-state index < -0.39 is 57.8 Å². The Morgan fingerprint density at radius 1 is 1.12 bits per heavy atom. The largest absolute Gasteiger partial charge is 0.446 e. The number of rotatable bonds is 8. The average molecular weight is 490 g/mol. The number of epoxide rings is 1. The number of amides is 1. The first kappa shape index (κ1) is 24.3. The van der Waals surface area contributed by atoms with E-state index in [1.807, 2.05) is 6.92 Å². The van der Waals surface area contributed by atoms with Gasteiger partial charge in [-0.1, -0.05) is 35.9 Å². The molecule has 0 saturated carbocycles. The Hall–Kier alpha value is -2.79. The van der Waals surface area contributed by atoms with Gasteiger partial charge in [0.1, 0.15) is 24.2 Å². The quantitative estimate of drug-likeness (QED) is 0.442. The SMILES string of the molecule is Cc1ccc(S(=O)(=O)CNC(=O)C(OC(=O)c2ccccc2)[C@@H]2O[C@@H]2[C@H]2COC(C)(C)O2)cc1. The van der Waals surface area contributed by atoms with E-state index in [4.69, 9.17) is 18.9 Å². The topological polar surface area (TPSA) is 121 Å². The predicted octanol–water partition coefficient (Wildman–Crippen LogP) is 1.99. The summed E-state index contributed by atoms with van der Waals surface area (Å²) in [5, 5.41) is 2.39. The van der Waals surface area contributed by atoms with Gasteiger partial charge in [-0.3, -0.25) is 4.79 Å². The zero-order valence-corrected chi connectivity index (χ0v) is 19.9. The highest BCUT2D eigenvalue weighted by molar-refractivity contribution is 7.91. The molecule has 2 fully saturated rings. The molecule has 2 heterocycles. The highest BCUT2D eigenvalue weighted by Crippen LogP contribution is 2.37. The van der Waals surface area contributed by atoms with Gasteiger partial charge in [0.15, 0.2) is 15.6 Å². The van der Waals surface area contributed by atoms with Crippen LogP contribution >= 0.6 is 0 Å². The van der Waals surface area contributed by atoms with Crippen LogP contribution in [0.3, 0.4) is 0 Å². The van der Waals surface area contributed by atoms with Gasteiger partial charge < -0.3 is 24.3 Å². The van der Waals surface area contributed by atoms with E-state index in [0.717, 1.165) is 5.56 Å². The van der Waals surface area contributed by atoms with Crippen molar-refractivity contribution in [2.45, 2.75) is 55.9 Å². The smallest absolute Gasteiger partial charge is 0.339 e. The number of esters is 1. The van der Waals surface area contributed by atoms with Crippen LogP contribution < -0.4 is 5.32 Å². The summed E-state index contributed by atoms with van der Waals surface area (Å²) in [6.45, 7) is 5.63. The van der Waals surface area contributed by atoms with Gasteiger partial charge in [-0.25, -0.2) is 13.2 Å². The fraction of sp³-hybridized carbons (Fsp3) is 0.417. The average Bonchev–Trinajstić information content (AvgIpc) is 3.51. The van der Waals surface area contributed by atoms with Crippen LogP contribution in [0.5, 0.6) is 0 Å². The number of hydrogen-bond acceptors (Lipinski definition) is 8. The first-order valence-corrected chi connectivity index (χ1v) is 12.5. The fourth-order valence-electron chi connectivity index (χ4n) is 3.68. The summed E-state index contributed by atoms with van der Waals surface area (Å²) in [4.78, 5) is 25.7. The summed E-state index contributed by atoms with van der Waals surface area (Å²) in [5.74, 6) is -2.94. The van der Waals surface area contributed by atoms with Crippen LogP contribution in [0, 0.1) is 6.92 Å². The van der Waals surface area contributed by atoms with Crippen LogP contribution in [0.4, 0.5) is 0 Å². The number of nitrogens with one attached hydrogen (secondary N) is 1. The van der Waals surface area contributed by atoms with Gasteiger partial charge in [0, 0.05) is 0 Å². The van der Waals surface area contributed by atoms with Crippen molar-refractivity contribution in [2.24, 2.45) is 0 Å². The molecular weight excluding hydrogens is 462 g/mol. The van der Waals surface area contributed by atoms with Crippen molar-refractivity contribution < 1.29 is 37.0 Å². The summed E-state index contributed by atoms with van der Waals surface area (Å²) < 4.78 is 47.8. The van der Waals surface area contributed by atoms with E-state index in [0.29, 0.717) is 0 Å². The molecule has 1 unspecified atom stereocenters. The minimum Gasteiger partial charge on any atom is -0.446 e. The predicted molar refractivity (Wildman–Crippen MR) is 121 cm³/mol. The lowest BCUT2D eigenvalue weighted by Crippen LogP contribution is -2.44. The Kier molecular flexibility index (Phi) is 6.77. The second-order valence-corrected chi connectivity index (χ2v) is 10.7. The Balaban J connectivity index is 1.46. The van der Waals surface area contributed by atoms with Gasteiger partial charge >= 0.3 is 5.97 Å². The Morgan fingerprint density at radius 3 is 2.41 bits per heavy atom. The van der Waals surface area contributed by atoms with Gasteiger partial charge in [-0.05, 0) is 45.0 Å². The molecule has 2 aromatic rings. The summed E-state index contributed by atoms with van der Waals surface area (Å²) in [6, 6.07) is 14.5. The van der Waals surface area contributed by atoms with Crippen LogP contribution in [0.15, 0.2) is 59.5 Å². The monoisotopic (exact) mass is 489 g/mol. The summed E-state index contributed by atoms with van der Waals surface area (Å²) in [7, 11) is -3.79. The molecule has 2 aromatic carbocycles. The fourth-order valence-corrected chi connectivity index (χ4v) is 4.73. The van der Waals surface area contributed by atoms with Crippen molar-refractivity contribution in [2.75, 3.05) is 12.5 Å². The molecule has 2 saturated heterocycles. The minimum atomic E-state index is -3.79. The van der Waals surface area contributed by atoms with Crippen molar-refractivity contribution in [3.05, 3.63) is 65.7 Å². The molecule has 0 aliphatic carbocycles. The third-order valence-electron chi connectivity index (χ3n) is 5.58. The molecule has 0 radical (unpaired) electrons. The van der Waals surface area contributed by atoms with Crippen LogP contribution in [0.25, 0.3) is 0 Å². The molecule has 0 aromatic heterocycles. The number of benzene rings is 2. The molecule has 182 valence electrons. The van der Waals surface area contributed by atoms with Gasteiger partial charge in [0.2, 0.25) is 6.10 Å². The van der Waals surface area contributed by atoms with Crippen molar-refractivity contribution in [1.29, 1.82) is 0 Å². The zero-order chi connectivity index (χ0) is 24.5. The lowest BCUT2D eigenvalue weighted by Gasteiger charge is -2.18. The number of aryl methyl sites for hydroxylation is 1. The summed E-state index contributed by atoms with van der Waals surface area (Å²) in [5.41, 5.74) is 1.17. The first-order valence-electron chi connectivity index (χ1n) is 10.9. The third-order valence-corrected chi connectivity index (χ3v) is 7.09. The molecule has 4 atom stereocenters. The summed E-state index contributed by atoms with van der Waals surface area (Å²) >= 11 is 0.